The molecule has 3 atom stereocenters. The molecule has 6 rings (SSSR count). The van der Waals surface area contributed by atoms with E-state index in [0.29, 0.717) is 38.5 Å². The Morgan fingerprint density at radius 1 is 1.05 bits per heavy atom. The SMILES string of the molecule is CN1CC(CNC(=O)C2(C)C(c3ccc(Cl)o3)C(c3ccc(F)cc3F)=NN2c2ccc(F)cc2F)OCC12COC2. The van der Waals surface area contributed by atoms with Crippen LogP contribution in [0.15, 0.2) is 58.0 Å². The second kappa shape index (κ2) is 10.7. The van der Waals surface area contributed by atoms with Gasteiger partial charge in [0.25, 0.3) is 0 Å². The topological polar surface area (TPSA) is 79.5 Å². The summed E-state index contributed by atoms with van der Waals surface area (Å²) < 4.78 is 75.3. The molecule has 0 saturated carbocycles. The standard InChI is InChI=1S/C29H27ClF4N4O4/c1-28(27(39)35-11-18-12-37(2)29(15-41-18)13-40-14-29)25(23-7-8-24(30)42-23)26(19-5-3-16(31)9-20(19)33)36-38(28)22-6-4-17(32)10-21(22)34/h3-10,18,25H,11-15H2,1-2H3,(H,35,39). The van der Waals surface area contributed by atoms with Gasteiger partial charge in [0.05, 0.1) is 48.8 Å². The molecule has 3 aromatic rings. The number of likely N-dealkylation sites (N-methyl/N-ethyl adjacent to an activating group) is 1. The number of hydrazone groups is 1. The summed E-state index contributed by atoms with van der Waals surface area (Å²) in [6.07, 6.45) is -0.363. The van der Waals surface area contributed by atoms with Crippen molar-refractivity contribution in [3.8, 4) is 0 Å². The van der Waals surface area contributed by atoms with Crippen molar-refractivity contribution in [1.29, 1.82) is 0 Å². The molecule has 222 valence electrons. The molecule has 3 aliphatic heterocycles. The number of carbonyl (C=O) groups excluding carboxylic acids is 1. The van der Waals surface area contributed by atoms with Crippen LogP contribution in [0.4, 0.5) is 23.2 Å². The van der Waals surface area contributed by atoms with Crippen molar-refractivity contribution >= 4 is 28.9 Å². The first kappa shape index (κ1) is 28.7. The summed E-state index contributed by atoms with van der Waals surface area (Å²) in [5.41, 5.74) is -2.39. The van der Waals surface area contributed by atoms with Crippen molar-refractivity contribution in [2.75, 3.05) is 45.0 Å². The lowest BCUT2D eigenvalue weighted by Gasteiger charge is -2.52. The average Bonchev–Trinajstić information content (AvgIpc) is 3.47. The molecule has 3 aliphatic rings. The van der Waals surface area contributed by atoms with Gasteiger partial charge in [0.1, 0.15) is 23.2 Å². The summed E-state index contributed by atoms with van der Waals surface area (Å²) in [4.78, 5) is 16.4. The van der Waals surface area contributed by atoms with Gasteiger partial charge in [0.2, 0.25) is 5.91 Å². The Hall–Kier alpha value is -3.45. The van der Waals surface area contributed by atoms with E-state index in [1.165, 1.54) is 25.1 Å². The van der Waals surface area contributed by atoms with E-state index in [1.54, 1.807) is 0 Å². The van der Waals surface area contributed by atoms with E-state index in [4.69, 9.17) is 25.5 Å². The maximum absolute atomic E-state index is 15.2. The maximum atomic E-state index is 15.2. The molecule has 1 amide bonds. The molecule has 0 aliphatic carbocycles. The van der Waals surface area contributed by atoms with E-state index >= 15 is 8.78 Å². The Bertz CT molecular complexity index is 1560. The highest BCUT2D eigenvalue weighted by molar-refractivity contribution is 6.28. The Morgan fingerprint density at radius 3 is 2.36 bits per heavy atom. The highest BCUT2D eigenvalue weighted by Crippen LogP contribution is 2.46. The highest BCUT2D eigenvalue weighted by atomic mass is 35.5. The minimum atomic E-state index is -1.79. The lowest BCUT2D eigenvalue weighted by Crippen LogP contribution is -2.69. The number of benzene rings is 2. The number of hydrogen-bond acceptors (Lipinski definition) is 7. The van der Waals surface area contributed by atoms with Crippen molar-refractivity contribution in [2.24, 2.45) is 5.10 Å². The fourth-order valence-electron chi connectivity index (χ4n) is 5.73. The summed E-state index contributed by atoms with van der Waals surface area (Å²) in [6.45, 7) is 3.66. The van der Waals surface area contributed by atoms with Crippen molar-refractivity contribution in [2.45, 2.75) is 30.0 Å². The Balaban J connectivity index is 1.40. The van der Waals surface area contributed by atoms with Crippen LogP contribution in [0, 0.1) is 23.3 Å². The zero-order valence-corrected chi connectivity index (χ0v) is 23.4. The summed E-state index contributed by atoms with van der Waals surface area (Å²) in [5.74, 6) is -5.25. The lowest BCUT2D eigenvalue weighted by atomic mass is 9.78. The lowest BCUT2D eigenvalue weighted by molar-refractivity contribution is -0.207. The second-order valence-electron chi connectivity index (χ2n) is 11.0. The average molecular weight is 607 g/mol. The molecule has 2 fully saturated rings. The van der Waals surface area contributed by atoms with Crippen molar-refractivity contribution in [1.82, 2.24) is 10.2 Å². The summed E-state index contributed by atoms with van der Waals surface area (Å²) >= 11 is 6.09. The maximum Gasteiger partial charge on any atom is 0.249 e. The third kappa shape index (κ3) is 4.76. The van der Waals surface area contributed by atoms with Crippen molar-refractivity contribution in [3.63, 3.8) is 0 Å². The van der Waals surface area contributed by atoms with Gasteiger partial charge in [-0.3, -0.25) is 9.69 Å². The fourth-order valence-corrected chi connectivity index (χ4v) is 5.88. The van der Waals surface area contributed by atoms with Crippen LogP contribution in [0.2, 0.25) is 5.22 Å². The van der Waals surface area contributed by atoms with Gasteiger partial charge in [0, 0.05) is 30.8 Å². The molecule has 0 bridgehead atoms. The quantitative estimate of drug-likeness (QED) is 0.417. The highest BCUT2D eigenvalue weighted by Gasteiger charge is 2.57. The molecule has 1 spiro atoms. The molecule has 8 nitrogen and oxygen atoms in total. The molecule has 3 unspecified atom stereocenters. The Morgan fingerprint density at radius 2 is 1.76 bits per heavy atom. The molecule has 4 heterocycles. The van der Waals surface area contributed by atoms with Gasteiger partial charge in [-0.2, -0.15) is 5.10 Å². The first-order valence-electron chi connectivity index (χ1n) is 13.3. The van der Waals surface area contributed by atoms with Crippen LogP contribution in [-0.2, 0) is 14.3 Å². The smallest absolute Gasteiger partial charge is 0.249 e. The van der Waals surface area contributed by atoms with Crippen molar-refractivity contribution in [3.05, 3.63) is 88.3 Å². The number of hydrogen-bond donors (Lipinski definition) is 1. The van der Waals surface area contributed by atoms with E-state index in [1.807, 2.05) is 7.05 Å². The van der Waals surface area contributed by atoms with Gasteiger partial charge in [-0.05, 0) is 62.0 Å². The normalized spacial score (nSPS) is 25.4. The van der Waals surface area contributed by atoms with Gasteiger partial charge in [-0.25, -0.2) is 22.6 Å². The summed E-state index contributed by atoms with van der Waals surface area (Å²) in [7, 11) is 1.96. The summed E-state index contributed by atoms with van der Waals surface area (Å²) in [5, 5.41) is 8.46. The molecule has 1 aromatic heterocycles. The third-order valence-corrected chi connectivity index (χ3v) is 8.48. The van der Waals surface area contributed by atoms with Gasteiger partial charge in [-0.15, -0.1) is 0 Å². The number of anilines is 1. The molecular formula is C29H27ClF4N4O4. The minimum absolute atomic E-state index is 0.00866. The number of furan rings is 1. The van der Waals surface area contributed by atoms with Crippen LogP contribution in [0.3, 0.4) is 0 Å². The van der Waals surface area contributed by atoms with Gasteiger partial charge in [-0.1, -0.05) is 0 Å². The fraction of sp³-hybridized carbons (Fsp3) is 0.379. The van der Waals surface area contributed by atoms with Crippen LogP contribution in [-0.4, -0.2) is 73.7 Å². The van der Waals surface area contributed by atoms with E-state index < -0.39 is 40.6 Å². The van der Waals surface area contributed by atoms with Crippen LogP contribution in [0.1, 0.15) is 24.2 Å². The monoisotopic (exact) mass is 606 g/mol. The third-order valence-electron chi connectivity index (χ3n) is 8.27. The number of morpholine rings is 1. The molecule has 1 N–H and O–H groups in total. The van der Waals surface area contributed by atoms with Gasteiger partial charge >= 0.3 is 0 Å². The molecule has 42 heavy (non-hydrogen) atoms. The van der Waals surface area contributed by atoms with Crippen molar-refractivity contribution < 1.29 is 36.2 Å². The van der Waals surface area contributed by atoms with Gasteiger partial charge in [0.15, 0.2) is 16.6 Å². The van der Waals surface area contributed by atoms with Crippen LogP contribution in [0.25, 0.3) is 0 Å². The predicted octanol–water partition coefficient (Wildman–Crippen LogP) is 4.47. The van der Waals surface area contributed by atoms with Crippen LogP contribution < -0.4 is 10.3 Å². The Labute approximate surface area is 243 Å². The molecule has 0 radical (unpaired) electrons. The molecule has 2 saturated heterocycles. The zero-order chi connectivity index (χ0) is 29.8. The zero-order valence-electron chi connectivity index (χ0n) is 22.7. The Kier molecular flexibility index (Phi) is 7.28. The first-order chi connectivity index (χ1) is 20.0. The van der Waals surface area contributed by atoms with Crippen LogP contribution >= 0.6 is 11.6 Å². The second-order valence-corrected chi connectivity index (χ2v) is 11.4. The van der Waals surface area contributed by atoms with E-state index in [-0.39, 0.29) is 46.1 Å². The number of amides is 1. The molecule has 13 heteroatoms. The number of carbonyl (C=O) groups is 1. The minimum Gasteiger partial charge on any atom is -0.449 e. The van der Waals surface area contributed by atoms with E-state index in [9.17, 15) is 13.6 Å². The summed E-state index contributed by atoms with van der Waals surface area (Å²) in [6, 6.07) is 8.66. The van der Waals surface area contributed by atoms with E-state index in [0.717, 1.165) is 23.2 Å². The first-order valence-corrected chi connectivity index (χ1v) is 13.6. The number of nitrogens with zero attached hydrogens (tertiary/aromatic N) is 3. The predicted molar refractivity (Wildman–Crippen MR) is 146 cm³/mol. The number of ether oxygens (including phenoxy) is 2. The largest absolute Gasteiger partial charge is 0.449 e. The van der Waals surface area contributed by atoms with Crippen LogP contribution in [0.5, 0.6) is 0 Å². The number of halogens is 5. The molecule has 2 aromatic carbocycles. The van der Waals surface area contributed by atoms with E-state index in [2.05, 4.69) is 15.3 Å². The molecular weight excluding hydrogens is 580 g/mol. The number of nitrogens with one attached hydrogen (secondary N) is 1. The number of rotatable bonds is 6. The van der Waals surface area contributed by atoms with Gasteiger partial charge < -0.3 is 19.2 Å².